The Morgan fingerprint density at radius 2 is 2.00 bits per heavy atom. The van der Waals surface area contributed by atoms with Crippen LogP contribution in [-0.2, 0) is 6.54 Å². The summed E-state index contributed by atoms with van der Waals surface area (Å²) in [6, 6.07) is 2.70. The molecule has 0 bridgehead atoms. The smallest absolute Gasteiger partial charge is 0.0764 e. The van der Waals surface area contributed by atoms with E-state index < -0.39 is 0 Å². The number of hydrogen-bond donors (Lipinski definition) is 1. The SMILES string of the molecule is CCCN(CCCN)Cc1ccn(C(CC)CC)n1. The molecule has 4 nitrogen and oxygen atoms in total. The van der Waals surface area contributed by atoms with Gasteiger partial charge in [0, 0.05) is 12.7 Å². The molecule has 1 aromatic heterocycles. The third kappa shape index (κ3) is 5.33. The van der Waals surface area contributed by atoms with E-state index >= 15 is 0 Å². The Morgan fingerprint density at radius 1 is 1.26 bits per heavy atom. The molecular formula is C15H30N4. The van der Waals surface area contributed by atoms with Crippen molar-refractivity contribution in [2.75, 3.05) is 19.6 Å². The number of aromatic nitrogens is 2. The van der Waals surface area contributed by atoms with Gasteiger partial charge in [-0.05, 0) is 51.4 Å². The molecule has 0 saturated heterocycles. The van der Waals surface area contributed by atoms with Gasteiger partial charge in [-0.15, -0.1) is 0 Å². The van der Waals surface area contributed by atoms with Crippen LogP contribution in [0.25, 0.3) is 0 Å². The number of hydrogen-bond acceptors (Lipinski definition) is 3. The predicted octanol–water partition coefficient (Wildman–Crippen LogP) is 2.81. The minimum atomic E-state index is 0.539. The van der Waals surface area contributed by atoms with Crippen LogP contribution < -0.4 is 5.73 Å². The van der Waals surface area contributed by atoms with E-state index in [2.05, 4.69) is 42.6 Å². The first-order valence-corrected chi connectivity index (χ1v) is 7.71. The Labute approximate surface area is 118 Å². The summed E-state index contributed by atoms with van der Waals surface area (Å²) < 4.78 is 2.13. The monoisotopic (exact) mass is 266 g/mol. The van der Waals surface area contributed by atoms with Crippen molar-refractivity contribution in [1.29, 1.82) is 0 Å². The van der Waals surface area contributed by atoms with Gasteiger partial charge < -0.3 is 5.73 Å². The quantitative estimate of drug-likeness (QED) is 0.708. The maximum absolute atomic E-state index is 5.60. The van der Waals surface area contributed by atoms with Crippen LogP contribution in [0.3, 0.4) is 0 Å². The van der Waals surface area contributed by atoms with Gasteiger partial charge in [-0.2, -0.15) is 5.10 Å². The summed E-state index contributed by atoms with van der Waals surface area (Å²) in [5.41, 5.74) is 6.78. The first-order valence-electron chi connectivity index (χ1n) is 7.71. The molecule has 1 heterocycles. The lowest BCUT2D eigenvalue weighted by Gasteiger charge is -2.20. The van der Waals surface area contributed by atoms with Gasteiger partial charge in [0.1, 0.15) is 0 Å². The number of nitrogens with zero attached hydrogens (tertiary/aromatic N) is 3. The molecule has 0 aromatic carbocycles. The van der Waals surface area contributed by atoms with Gasteiger partial charge in [-0.3, -0.25) is 9.58 Å². The van der Waals surface area contributed by atoms with Crippen molar-refractivity contribution in [3.05, 3.63) is 18.0 Å². The normalized spacial score (nSPS) is 11.7. The fourth-order valence-corrected chi connectivity index (χ4v) is 2.46. The molecule has 0 aliphatic rings. The highest BCUT2D eigenvalue weighted by Crippen LogP contribution is 2.15. The fraction of sp³-hybridized carbons (Fsp3) is 0.800. The van der Waals surface area contributed by atoms with Gasteiger partial charge in [-0.1, -0.05) is 20.8 Å². The lowest BCUT2D eigenvalue weighted by atomic mass is 10.2. The van der Waals surface area contributed by atoms with Gasteiger partial charge >= 0.3 is 0 Å². The summed E-state index contributed by atoms with van der Waals surface area (Å²) in [6.45, 7) is 10.6. The molecular weight excluding hydrogens is 236 g/mol. The van der Waals surface area contributed by atoms with Crippen LogP contribution in [0.2, 0.25) is 0 Å². The van der Waals surface area contributed by atoms with Crippen molar-refractivity contribution in [3.63, 3.8) is 0 Å². The first kappa shape index (κ1) is 16.2. The molecule has 0 spiro atoms. The average molecular weight is 266 g/mol. The van der Waals surface area contributed by atoms with Crippen LogP contribution in [0, 0.1) is 0 Å². The topological polar surface area (TPSA) is 47.1 Å². The van der Waals surface area contributed by atoms with Crippen molar-refractivity contribution >= 4 is 0 Å². The lowest BCUT2D eigenvalue weighted by Crippen LogP contribution is -2.27. The Kier molecular flexibility index (Phi) is 7.75. The zero-order valence-electron chi connectivity index (χ0n) is 12.8. The van der Waals surface area contributed by atoms with E-state index in [9.17, 15) is 0 Å². The van der Waals surface area contributed by atoms with Crippen molar-refractivity contribution < 1.29 is 0 Å². The van der Waals surface area contributed by atoms with E-state index in [1.165, 1.54) is 12.1 Å². The van der Waals surface area contributed by atoms with Crippen LogP contribution >= 0.6 is 0 Å². The average Bonchev–Trinajstić information content (AvgIpc) is 2.86. The summed E-state index contributed by atoms with van der Waals surface area (Å²) >= 11 is 0. The summed E-state index contributed by atoms with van der Waals surface area (Å²) in [5.74, 6) is 0. The van der Waals surface area contributed by atoms with Crippen molar-refractivity contribution in [1.82, 2.24) is 14.7 Å². The van der Waals surface area contributed by atoms with Crippen molar-refractivity contribution in [2.45, 2.75) is 59.0 Å². The second kappa shape index (κ2) is 9.10. The summed E-state index contributed by atoms with van der Waals surface area (Å²) in [5, 5.41) is 4.73. The molecule has 0 radical (unpaired) electrons. The zero-order valence-corrected chi connectivity index (χ0v) is 12.8. The van der Waals surface area contributed by atoms with Gasteiger partial charge in [0.05, 0.1) is 11.7 Å². The standard InChI is InChI=1S/C15H30N4/c1-4-10-18(11-7-9-16)13-14-8-12-19(17-14)15(5-2)6-3/h8,12,15H,4-7,9-11,13,16H2,1-3H3. The highest BCUT2D eigenvalue weighted by Gasteiger charge is 2.10. The third-order valence-electron chi connectivity index (χ3n) is 3.58. The summed E-state index contributed by atoms with van der Waals surface area (Å²) in [7, 11) is 0. The van der Waals surface area contributed by atoms with Gasteiger partial charge in [-0.25, -0.2) is 0 Å². The van der Waals surface area contributed by atoms with Crippen LogP contribution in [0.5, 0.6) is 0 Å². The largest absolute Gasteiger partial charge is 0.330 e. The Hall–Kier alpha value is -0.870. The van der Waals surface area contributed by atoms with Crippen LogP contribution in [-0.4, -0.2) is 34.3 Å². The van der Waals surface area contributed by atoms with Crippen LogP contribution in [0.4, 0.5) is 0 Å². The second-order valence-corrected chi connectivity index (χ2v) is 5.18. The number of nitrogens with two attached hydrogens (primary N) is 1. The highest BCUT2D eigenvalue weighted by molar-refractivity contribution is 4.99. The third-order valence-corrected chi connectivity index (χ3v) is 3.58. The summed E-state index contributed by atoms with van der Waals surface area (Å²) in [4.78, 5) is 2.45. The molecule has 0 saturated carbocycles. The number of rotatable bonds is 10. The molecule has 0 amide bonds. The van der Waals surface area contributed by atoms with E-state index in [1.807, 2.05) is 0 Å². The molecule has 0 aliphatic carbocycles. The molecule has 4 heteroatoms. The van der Waals surface area contributed by atoms with E-state index in [-0.39, 0.29) is 0 Å². The van der Waals surface area contributed by atoms with Crippen LogP contribution in [0.1, 0.15) is 58.2 Å². The Balaban J connectivity index is 2.58. The summed E-state index contributed by atoms with van der Waals surface area (Å²) in [6.07, 6.45) is 6.65. The molecule has 0 atom stereocenters. The van der Waals surface area contributed by atoms with E-state index in [4.69, 9.17) is 10.8 Å². The predicted molar refractivity (Wildman–Crippen MR) is 81.1 cm³/mol. The minimum absolute atomic E-state index is 0.539. The van der Waals surface area contributed by atoms with Crippen molar-refractivity contribution in [3.8, 4) is 0 Å². The maximum Gasteiger partial charge on any atom is 0.0764 e. The Bertz CT molecular complexity index is 331. The van der Waals surface area contributed by atoms with E-state index in [0.29, 0.717) is 6.04 Å². The van der Waals surface area contributed by atoms with Gasteiger partial charge in [0.2, 0.25) is 0 Å². The molecule has 0 fully saturated rings. The highest BCUT2D eigenvalue weighted by atomic mass is 15.3. The molecule has 1 aromatic rings. The molecule has 19 heavy (non-hydrogen) atoms. The zero-order chi connectivity index (χ0) is 14.1. The van der Waals surface area contributed by atoms with Gasteiger partial charge in [0.25, 0.3) is 0 Å². The van der Waals surface area contributed by atoms with Crippen LogP contribution in [0.15, 0.2) is 12.3 Å². The second-order valence-electron chi connectivity index (χ2n) is 5.18. The van der Waals surface area contributed by atoms with Crippen molar-refractivity contribution in [2.24, 2.45) is 5.73 Å². The van der Waals surface area contributed by atoms with E-state index in [0.717, 1.165) is 45.4 Å². The Morgan fingerprint density at radius 3 is 2.58 bits per heavy atom. The lowest BCUT2D eigenvalue weighted by molar-refractivity contribution is 0.259. The molecule has 0 unspecified atom stereocenters. The molecule has 0 aliphatic heterocycles. The van der Waals surface area contributed by atoms with Gasteiger partial charge in [0.15, 0.2) is 0 Å². The molecule has 1 rings (SSSR count). The van der Waals surface area contributed by atoms with E-state index in [1.54, 1.807) is 0 Å². The maximum atomic E-state index is 5.60. The molecule has 110 valence electrons. The minimum Gasteiger partial charge on any atom is -0.330 e. The molecule has 2 N–H and O–H groups in total. The first-order chi connectivity index (χ1) is 9.24. The fourth-order valence-electron chi connectivity index (χ4n) is 2.46.